The third-order valence-corrected chi connectivity index (χ3v) is 5.22. The Balaban J connectivity index is 3.13. The third-order valence-electron chi connectivity index (χ3n) is 3.28. The van der Waals surface area contributed by atoms with E-state index in [9.17, 15) is 13.2 Å². The maximum atomic E-state index is 12.5. The van der Waals surface area contributed by atoms with Crippen LogP contribution in [0.3, 0.4) is 0 Å². The molecule has 0 heterocycles. The Hall–Kier alpha value is -1.40. The van der Waals surface area contributed by atoms with Crippen LogP contribution in [0.4, 0.5) is 0 Å². The van der Waals surface area contributed by atoms with Crippen LogP contribution < -0.4 is 0 Å². The summed E-state index contributed by atoms with van der Waals surface area (Å²) in [4.78, 5) is 11.0. The topological polar surface area (TPSA) is 74.7 Å². The fourth-order valence-corrected chi connectivity index (χ4v) is 3.43. The zero-order valence-corrected chi connectivity index (χ0v) is 12.9. The quantitative estimate of drug-likeness (QED) is 0.839. The Kier molecular flexibility index (Phi) is 5.71. The van der Waals surface area contributed by atoms with Gasteiger partial charge in [0, 0.05) is 13.1 Å². The molecule has 1 aromatic carbocycles. The molecule has 0 bridgehead atoms. The molecule has 112 valence electrons. The van der Waals surface area contributed by atoms with Crippen molar-refractivity contribution in [2.24, 2.45) is 5.92 Å². The molecule has 5 nitrogen and oxygen atoms in total. The second-order valence-electron chi connectivity index (χ2n) is 4.80. The molecule has 1 rings (SSSR count). The Morgan fingerprint density at radius 1 is 1.35 bits per heavy atom. The monoisotopic (exact) mass is 299 g/mol. The summed E-state index contributed by atoms with van der Waals surface area (Å²) in [6.45, 7) is 6.58. The fraction of sp³-hybridized carbons (Fsp3) is 0.500. The first-order valence-corrected chi connectivity index (χ1v) is 8.10. The van der Waals surface area contributed by atoms with Crippen molar-refractivity contribution in [1.82, 2.24) is 4.31 Å². The van der Waals surface area contributed by atoms with Gasteiger partial charge in [-0.3, -0.25) is 0 Å². The molecule has 0 radical (unpaired) electrons. The molecular weight excluding hydrogens is 278 g/mol. The number of hydrogen-bond acceptors (Lipinski definition) is 3. The number of sulfonamides is 1. The lowest BCUT2D eigenvalue weighted by Crippen LogP contribution is -2.34. The van der Waals surface area contributed by atoms with Gasteiger partial charge in [0.05, 0.1) is 10.5 Å². The lowest BCUT2D eigenvalue weighted by molar-refractivity contribution is 0.0696. The van der Waals surface area contributed by atoms with Gasteiger partial charge in [-0.2, -0.15) is 4.31 Å². The van der Waals surface area contributed by atoms with Crippen molar-refractivity contribution < 1.29 is 18.3 Å². The largest absolute Gasteiger partial charge is 0.478 e. The zero-order valence-electron chi connectivity index (χ0n) is 12.0. The fourth-order valence-electron chi connectivity index (χ4n) is 1.81. The van der Waals surface area contributed by atoms with Crippen LogP contribution in [0.1, 0.15) is 37.6 Å². The molecule has 0 saturated heterocycles. The average Bonchev–Trinajstić information content (AvgIpc) is 2.44. The molecule has 1 unspecified atom stereocenters. The third kappa shape index (κ3) is 3.80. The molecule has 0 saturated carbocycles. The minimum atomic E-state index is -3.64. The summed E-state index contributed by atoms with van der Waals surface area (Å²) in [5, 5.41) is 8.95. The van der Waals surface area contributed by atoms with E-state index < -0.39 is 16.0 Å². The molecule has 0 aliphatic heterocycles. The molecule has 0 aliphatic carbocycles. The lowest BCUT2D eigenvalue weighted by atomic mass is 10.1. The van der Waals surface area contributed by atoms with Crippen LogP contribution in [-0.4, -0.2) is 36.9 Å². The molecule has 1 N–H and O–H groups in total. The number of rotatable bonds is 7. The highest BCUT2D eigenvalue weighted by atomic mass is 32.2. The Morgan fingerprint density at radius 2 is 2.00 bits per heavy atom. The van der Waals surface area contributed by atoms with Crippen LogP contribution in [0, 0.1) is 5.92 Å². The summed E-state index contributed by atoms with van der Waals surface area (Å²) in [6, 6.07) is 5.47. The van der Waals surface area contributed by atoms with Crippen LogP contribution in [-0.2, 0) is 10.0 Å². The van der Waals surface area contributed by atoms with Gasteiger partial charge in [-0.05, 0) is 24.1 Å². The van der Waals surface area contributed by atoms with Gasteiger partial charge in [-0.15, -0.1) is 0 Å². The second kappa shape index (κ2) is 6.85. The smallest absolute Gasteiger partial charge is 0.335 e. The highest BCUT2D eigenvalue weighted by Crippen LogP contribution is 2.19. The first kappa shape index (κ1) is 16.7. The first-order chi connectivity index (χ1) is 9.32. The van der Waals surface area contributed by atoms with Crippen molar-refractivity contribution in [2.45, 2.75) is 32.1 Å². The average molecular weight is 299 g/mol. The number of nitrogens with zero attached hydrogens (tertiary/aromatic N) is 1. The molecule has 0 aliphatic rings. The maximum absolute atomic E-state index is 12.5. The Bertz CT molecular complexity index is 568. The number of aromatic carboxylic acids is 1. The zero-order chi connectivity index (χ0) is 15.3. The highest BCUT2D eigenvalue weighted by molar-refractivity contribution is 7.89. The van der Waals surface area contributed by atoms with Gasteiger partial charge in [-0.25, -0.2) is 13.2 Å². The summed E-state index contributed by atoms with van der Waals surface area (Å²) in [5.74, 6) is -0.876. The number of hydrogen-bond donors (Lipinski definition) is 1. The molecule has 1 atom stereocenters. The van der Waals surface area contributed by atoms with Crippen LogP contribution in [0.15, 0.2) is 29.2 Å². The van der Waals surface area contributed by atoms with Gasteiger partial charge in [0.1, 0.15) is 0 Å². The van der Waals surface area contributed by atoms with Gasteiger partial charge in [-0.1, -0.05) is 33.3 Å². The van der Waals surface area contributed by atoms with Crippen molar-refractivity contribution in [1.29, 1.82) is 0 Å². The highest BCUT2D eigenvalue weighted by Gasteiger charge is 2.24. The van der Waals surface area contributed by atoms with Crippen LogP contribution in [0.5, 0.6) is 0 Å². The van der Waals surface area contributed by atoms with E-state index in [0.29, 0.717) is 13.1 Å². The molecule has 0 fully saturated rings. The van der Waals surface area contributed by atoms with E-state index in [-0.39, 0.29) is 16.4 Å². The predicted octanol–water partition coefficient (Wildman–Crippen LogP) is 2.44. The van der Waals surface area contributed by atoms with Crippen LogP contribution in [0.2, 0.25) is 0 Å². The van der Waals surface area contributed by atoms with E-state index >= 15 is 0 Å². The van der Waals surface area contributed by atoms with Crippen LogP contribution >= 0.6 is 0 Å². The van der Waals surface area contributed by atoms with Gasteiger partial charge in [0.2, 0.25) is 10.0 Å². The van der Waals surface area contributed by atoms with Crippen molar-refractivity contribution in [2.75, 3.05) is 13.1 Å². The summed E-state index contributed by atoms with van der Waals surface area (Å²) in [5.41, 5.74) is -0.0225. The SMILES string of the molecule is CCC(C)CN(CC)S(=O)(=O)c1cccc(C(=O)O)c1. The van der Waals surface area contributed by atoms with Gasteiger partial charge < -0.3 is 5.11 Å². The lowest BCUT2D eigenvalue weighted by Gasteiger charge is -2.23. The standard InChI is InChI=1S/C14H21NO4S/c1-4-11(3)10-15(5-2)20(18,19)13-8-6-7-12(9-13)14(16)17/h6-9,11H,4-5,10H2,1-3H3,(H,16,17). The summed E-state index contributed by atoms with van der Waals surface area (Å²) in [7, 11) is -3.64. The van der Waals surface area contributed by atoms with Crippen LogP contribution in [0.25, 0.3) is 0 Å². The maximum Gasteiger partial charge on any atom is 0.335 e. The minimum Gasteiger partial charge on any atom is -0.478 e. The van der Waals surface area contributed by atoms with E-state index in [1.54, 1.807) is 6.92 Å². The Morgan fingerprint density at radius 3 is 2.50 bits per heavy atom. The summed E-state index contributed by atoms with van der Waals surface area (Å²) < 4.78 is 26.4. The first-order valence-electron chi connectivity index (χ1n) is 6.66. The van der Waals surface area contributed by atoms with Crippen molar-refractivity contribution in [3.8, 4) is 0 Å². The number of benzene rings is 1. The van der Waals surface area contributed by atoms with Crippen molar-refractivity contribution in [3.05, 3.63) is 29.8 Å². The van der Waals surface area contributed by atoms with Gasteiger partial charge >= 0.3 is 5.97 Å². The molecular formula is C14H21NO4S. The number of carboxylic acids is 1. The minimum absolute atomic E-state index is 0.0225. The number of carboxylic acid groups (broad SMARTS) is 1. The number of carbonyl (C=O) groups is 1. The molecule has 6 heteroatoms. The summed E-state index contributed by atoms with van der Waals surface area (Å²) in [6.07, 6.45) is 0.890. The van der Waals surface area contributed by atoms with E-state index in [1.807, 2.05) is 13.8 Å². The van der Waals surface area contributed by atoms with Crippen molar-refractivity contribution in [3.63, 3.8) is 0 Å². The molecule has 0 aromatic heterocycles. The van der Waals surface area contributed by atoms with Gasteiger partial charge in [0.15, 0.2) is 0 Å². The van der Waals surface area contributed by atoms with Crippen molar-refractivity contribution >= 4 is 16.0 Å². The molecule has 0 amide bonds. The van der Waals surface area contributed by atoms with E-state index in [1.165, 1.54) is 28.6 Å². The van der Waals surface area contributed by atoms with Gasteiger partial charge in [0.25, 0.3) is 0 Å². The molecule has 1 aromatic rings. The molecule has 0 spiro atoms. The second-order valence-corrected chi connectivity index (χ2v) is 6.74. The van der Waals surface area contributed by atoms with E-state index in [0.717, 1.165) is 6.42 Å². The normalized spacial score (nSPS) is 13.4. The van der Waals surface area contributed by atoms with E-state index in [2.05, 4.69) is 0 Å². The van der Waals surface area contributed by atoms with E-state index in [4.69, 9.17) is 5.11 Å². The summed E-state index contributed by atoms with van der Waals surface area (Å²) >= 11 is 0. The predicted molar refractivity (Wildman–Crippen MR) is 77.3 cm³/mol. The molecule has 20 heavy (non-hydrogen) atoms. The Labute approximate surface area is 120 Å².